The highest BCUT2D eigenvalue weighted by molar-refractivity contribution is 5.29. The average molecular weight is 214 g/mol. The number of rotatable bonds is 2. The Kier molecular flexibility index (Phi) is 3.00. The molecule has 0 saturated heterocycles. The molecular weight excluding hydrogens is 201 g/mol. The van der Waals surface area contributed by atoms with Crippen molar-refractivity contribution in [2.75, 3.05) is 0 Å². The highest BCUT2D eigenvalue weighted by Crippen LogP contribution is 2.14. The van der Waals surface area contributed by atoms with Gasteiger partial charge in [-0.05, 0) is 43.2 Å². The predicted molar refractivity (Wildman–Crippen MR) is 61.8 cm³/mol. The van der Waals surface area contributed by atoms with Crippen LogP contribution in [-0.4, -0.2) is 4.98 Å². The molecule has 0 unspecified atom stereocenters. The van der Waals surface area contributed by atoms with E-state index in [9.17, 15) is 4.39 Å². The maximum Gasteiger partial charge on any atom is 0.126 e. The summed E-state index contributed by atoms with van der Waals surface area (Å²) in [7, 11) is 0. The smallest absolute Gasteiger partial charge is 0.126 e. The van der Waals surface area contributed by atoms with Gasteiger partial charge in [0.15, 0.2) is 0 Å². The molecule has 2 aromatic rings. The van der Waals surface area contributed by atoms with Gasteiger partial charge in [0.2, 0.25) is 0 Å². The standard InChI is InChI=1S/C14H13FN/c1-10-7-8-12(11(2)16-10)9-13-5-3-4-6-14(13)15/h3-7H,9H2,1-2H3. The summed E-state index contributed by atoms with van der Waals surface area (Å²) in [5.74, 6) is -0.170. The Morgan fingerprint density at radius 3 is 2.69 bits per heavy atom. The molecule has 81 valence electrons. The summed E-state index contributed by atoms with van der Waals surface area (Å²) in [6.07, 6.45) is 0.547. The molecule has 2 heteroatoms. The van der Waals surface area contributed by atoms with Crippen molar-refractivity contribution in [2.45, 2.75) is 20.3 Å². The third-order valence-corrected chi connectivity index (χ3v) is 2.56. The zero-order valence-corrected chi connectivity index (χ0v) is 9.42. The number of aromatic nitrogens is 1. The van der Waals surface area contributed by atoms with Gasteiger partial charge in [0.1, 0.15) is 5.82 Å². The Hall–Kier alpha value is -1.70. The number of pyridine rings is 1. The van der Waals surface area contributed by atoms with E-state index in [4.69, 9.17) is 0 Å². The number of aryl methyl sites for hydroxylation is 2. The molecular formula is C14H13FN. The van der Waals surface area contributed by atoms with Crippen LogP contribution >= 0.6 is 0 Å². The number of nitrogens with zero attached hydrogens (tertiary/aromatic N) is 1. The summed E-state index contributed by atoms with van der Waals surface area (Å²) < 4.78 is 13.5. The monoisotopic (exact) mass is 214 g/mol. The van der Waals surface area contributed by atoms with Crippen molar-refractivity contribution in [1.82, 2.24) is 4.98 Å². The van der Waals surface area contributed by atoms with Crippen LogP contribution in [0.25, 0.3) is 0 Å². The fourth-order valence-corrected chi connectivity index (χ4v) is 1.67. The molecule has 0 aliphatic heterocycles. The van der Waals surface area contributed by atoms with E-state index in [0.717, 1.165) is 17.0 Å². The second kappa shape index (κ2) is 4.44. The molecule has 0 spiro atoms. The van der Waals surface area contributed by atoms with Gasteiger partial charge in [-0.1, -0.05) is 18.2 Å². The van der Waals surface area contributed by atoms with Gasteiger partial charge in [0.05, 0.1) is 0 Å². The van der Waals surface area contributed by atoms with Crippen LogP contribution in [0.1, 0.15) is 22.5 Å². The fourth-order valence-electron chi connectivity index (χ4n) is 1.67. The first-order chi connectivity index (χ1) is 7.66. The Balaban J connectivity index is 2.31. The fraction of sp³-hybridized carbons (Fsp3) is 0.214. The molecule has 1 nitrogen and oxygen atoms in total. The second-order valence-corrected chi connectivity index (χ2v) is 3.87. The van der Waals surface area contributed by atoms with Gasteiger partial charge in [-0.2, -0.15) is 0 Å². The maximum absolute atomic E-state index is 13.5. The van der Waals surface area contributed by atoms with E-state index in [0.29, 0.717) is 12.0 Å². The van der Waals surface area contributed by atoms with E-state index in [-0.39, 0.29) is 5.82 Å². The van der Waals surface area contributed by atoms with Crippen molar-refractivity contribution in [3.63, 3.8) is 0 Å². The van der Waals surface area contributed by atoms with Gasteiger partial charge >= 0.3 is 0 Å². The van der Waals surface area contributed by atoms with Crippen LogP contribution in [0.2, 0.25) is 0 Å². The first kappa shape index (κ1) is 10.8. The summed E-state index contributed by atoms with van der Waals surface area (Å²) in [4.78, 5) is 4.35. The highest BCUT2D eigenvalue weighted by Gasteiger charge is 2.05. The summed E-state index contributed by atoms with van der Waals surface area (Å²) in [6.45, 7) is 3.86. The molecule has 0 bridgehead atoms. The third kappa shape index (κ3) is 2.27. The molecule has 1 heterocycles. The van der Waals surface area contributed by atoms with Gasteiger partial charge in [-0.15, -0.1) is 0 Å². The number of hydrogen-bond donors (Lipinski definition) is 0. The quantitative estimate of drug-likeness (QED) is 0.748. The molecule has 1 radical (unpaired) electrons. The molecule has 0 fully saturated rings. The van der Waals surface area contributed by atoms with E-state index in [1.54, 1.807) is 12.1 Å². The number of benzene rings is 1. The van der Waals surface area contributed by atoms with E-state index >= 15 is 0 Å². The van der Waals surface area contributed by atoms with Crippen molar-refractivity contribution < 1.29 is 4.39 Å². The van der Waals surface area contributed by atoms with Gasteiger partial charge in [0, 0.05) is 17.8 Å². The van der Waals surface area contributed by atoms with E-state index < -0.39 is 0 Å². The normalized spacial score (nSPS) is 10.4. The molecule has 0 amide bonds. The first-order valence-corrected chi connectivity index (χ1v) is 5.25. The van der Waals surface area contributed by atoms with Crippen molar-refractivity contribution in [1.29, 1.82) is 0 Å². The van der Waals surface area contributed by atoms with Gasteiger partial charge < -0.3 is 0 Å². The Morgan fingerprint density at radius 1 is 1.25 bits per heavy atom. The molecule has 0 aliphatic rings. The van der Waals surface area contributed by atoms with E-state index in [2.05, 4.69) is 11.1 Å². The summed E-state index contributed by atoms with van der Waals surface area (Å²) in [6, 6.07) is 11.8. The van der Waals surface area contributed by atoms with Crippen LogP contribution in [0.3, 0.4) is 0 Å². The lowest BCUT2D eigenvalue weighted by atomic mass is 10.0. The number of halogens is 1. The van der Waals surface area contributed by atoms with Crippen molar-refractivity contribution in [2.24, 2.45) is 0 Å². The third-order valence-electron chi connectivity index (χ3n) is 2.56. The number of hydrogen-bond acceptors (Lipinski definition) is 1. The Morgan fingerprint density at radius 2 is 2.00 bits per heavy atom. The summed E-state index contributed by atoms with van der Waals surface area (Å²) >= 11 is 0. The zero-order valence-electron chi connectivity index (χ0n) is 9.42. The highest BCUT2D eigenvalue weighted by atomic mass is 19.1. The summed E-state index contributed by atoms with van der Waals surface area (Å²) in [5, 5.41) is 0. The molecule has 0 atom stereocenters. The lowest BCUT2D eigenvalue weighted by molar-refractivity contribution is 0.613. The first-order valence-electron chi connectivity index (χ1n) is 5.25. The van der Waals surface area contributed by atoms with E-state index in [1.165, 1.54) is 6.07 Å². The van der Waals surface area contributed by atoms with Gasteiger partial charge in [-0.3, -0.25) is 4.98 Å². The molecule has 0 saturated carbocycles. The van der Waals surface area contributed by atoms with Crippen LogP contribution in [-0.2, 0) is 6.42 Å². The molecule has 16 heavy (non-hydrogen) atoms. The van der Waals surface area contributed by atoms with Crippen LogP contribution in [0.5, 0.6) is 0 Å². The van der Waals surface area contributed by atoms with Gasteiger partial charge in [-0.25, -0.2) is 4.39 Å². The lowest BCUT2D eigenvalue weighted by Gasteiger charge is -2.06. The predicted octanol–water partition coefficient (Wildman–Crippen LogP) is 3.23. The van der Waals surface area contributed by atoms with E-state index in [1.807, 2.05) is 26.0 Å². The Bertz CT molecular complexity index is 506. The van der Waals surface area contributed by atoms with Crippen LogP contribution in [0.15, 0.2) is 30.3 Å². The minimum Gasteiger partial charge on any atom is -0.258 e. The van der Waals surface area contributed by atoms with Crippen LogP contribution in [0.4, 0.5) is 4.39 Å². The maximum atomic E-state index is 13.5. The zero-order chi connectivity index (χ0) is 11.5. The molecule has 1 aromatic heterocycles. The molecule has 0 aliphatic carbocycles. The minimum atomic E-state index is -0.170. The van der Waals surface area contributed by atoms with Crippen LogP contribution < -0.4 is 0 Å². The minimum absolute atomic E-state index is 0.170. The lowest BCUT2D eigenvalue weighted by Crippen LogP contribution is -1.98. The van der Waals surface area contributed by atoms with Crippen molar-refractivity contribution in [3.8, 4) is 0 Å². The second-order valence-electron chi connectivity index (χ2n) is 3.87. The molecule has 1 aromatic carbocycles. The molecule has 0 N–H and O–H groups in total. The molecule has 2 rings (SSSR count). The largest absolute Gasteiger partial charge is 0.258 e. The van der Waals surface area contributed by atoms with Crippen molar-refractivity contribution >= 4 is 0 Å². The van der Waals surface area contributed by atoms with Gasteiger partial charge in [0.25, 0.3) is 0 Å². The van der Waals surface area contributed by atoms with Crippen molar-refractivity contribution in [3.05, 3.63) is 64.7 Å². The topological polar surface area (TPSA) is 12.9 Å². The average Bonchev–Trinajstić information content (AvgIpc) is 2.25. The summed E-state index contributed by atoms with van der Waals surface area (Å²) in [5.41, 5.74) is 3.50. The SMILES string of the molecule is Cc1c[c]c(Cc2ccccc2F)c(C)n1. The van der Waals surface area contributed by atoms with Crippen LogP contribution in [0, 0.1) is 25.7 Å². The Labute approximate surface area is 95.0 Å².